The van der Waals surface area contributed by atoms with E-state index in [0.717, 1.165) is 25.1 Å². The van der Waals surface area contributed by atoms with Gasteiger partial charge < -0.3 is 15.5 Å². The molecule has 166 valence electrons. The van der Waals surface area contributed by atoms with Gasteiger partial charge in [-0.25, -0.2) is 12.7 Å². The molecule has 1 aliphatic rings. The number of hydrogen-bond acceptors (Lipinski definition) is 4. The van der Waals surface area contributed by atoms with Gasteiger partial charge in [0.05, 0.1) is 4.90 Å². The highest BCUT2D eigenvalue weighted by atomic mass is 127. The Bertz CT molecular complexity index is 755. The number of rotatable bonds is 8. The lowest BCUT2D eigenvalue weighted by Gasteiger charge is -2.33. The van der Waals surface area contributed by atoms with Gasteiger partial charge in [0.25, 0.3) is 0 Å². The minimum atomic E-state index is -3.47. The highest BCUT2D eigenvalue weighted by Crippen LogP contribution is 2.18. The molecule has 29 heavy (non-hydrogen) atoms. The Kier molecular flexibility index (Phi) is 11.4. The predicted octanol–water partition coefficient (Wildman–Crippen LogP) is 2.48. The van der Waals surface area contributed by atoms with Crippen molar-refractivity contribution in [1.29, 1.82) is 0 Å². The molecule has 1 unspecified atom stereocenters. The van der Waals surface area contributed by atoms with Crippen LogP contribution in [0.5, 0.6) is 0 Å². The van der Waals surface area contributed by atoms with Crippen LogP contribution in [0.15, 0.2) is 34.2 Å². The molecule has 1 atom stereocenters. The maximum Gasteiger partial charge on any atom is 0.242 e. The van der Waals surface area contributed by atoms with Crippen LogP contribution in [0.25, 0.3) is 0 Å². The molecule has 0 radical (unpaired) electrons. The third kappa shape index (κ3) is 7.69. The summed E-state index contributed by atoms with van der Waals surface area (Å²) >= 11 is 0. The zero-order chi connectivity index (χ0) is 20.6. The van der Waals surface area contributed by atoms with E-state index in [2.05, 4.69) is 27.4 Å². The van der Waals surface area contributed by atoms with Crippen LogP contribution in [-0.4, -0.2) is 70.4 Å². The smallest absolute Gasteiger partial charge is 0.242 e. The van der Waals surface area contributed by atoms with E-state index < -0.39 is 10.0 Å². The number of sulfonamides is 1. The maximum atomic E-state index is 12.5. The number of nitrogens with one attached hydrogen (secondary N) is 2. The number of benzene rings is 1. The summed E-state index contributed by atoms with van der Waals surface area (Å²) in [7, 11) is 1.34. The van der Waals surface area contributed by atoms with Crippen LogP contribution in [-0.2, 0) is 16.6 Å². The first-order chi connectivity index (χ1) is 13.4. The van der Waals surface area contributed by atoms with E-state index in [1.165, 1.54) is 30.1 Å². The summed E-state index contributed by atoms with van der Waals surface area (Å²) in [5, 5.41) is 6.55. The molecule has 2 rings (SSSR count). The summed E-state index contributed by atoms with van der Waals surface area (Å²) in [4.78, 5) is 7.13. The molecule has 0 spiro atoms. The van der Waals surface area contributed by atoms with Crippen molar-refractivity contribution in [1.82, 2.24) is 19.8 Å². The van der Waals surface area contributed by atoms with Gasteiger partial charge in [0, 0.05) is 46.8 Å². The molecule has 2 N–H and O–H groups in total. The van der Waals surface area contributed by atoms with Gasteiger partial charge in [-0.3, -0.25) is 4.99 Å². The maximum absolute atomic E-state index is 12.5. The minimum Gasteiger partial charge on any atom is -0.356 e. The van der Waals surface area contributed by atoms with Gasteiger partial charge in [0.1, 0.15) is 0 Å². The Labute approximate surface area is 193 Å². The van der Waals surface area contributed by atoms with Crippen LogP contribution in [0.1, 0.15) is 38.2 Å². The minimum absolute atomic E-state index is 0. The topological polar surface area (TPSA) is 77.0 Å². The number of piperidine rings is 1. The average Bonchev–Trinajstić information content (AvgIpc) is 2.68. The lowest BCUT2D eigenvalue weighted by molar-refractivity contribution is 0.159. The fraction of sp³-hybridized carbons (Fsp3) is 0.650. The van der Waals surface area contributed by atoms with Crippen molar-refractivity contribution < 1.29 is 8.42 Å². The zero-order valence-corrected chi connectivity index (χ0v) is 21.2. The zero-order valence-electron chi connectivity index (χ0n) is 18.0. The third-order valence-corrected chi connectivity index (χ3v) is 7.17. The van der Waals surface area contributed by atoms with Crippen molar-refractivity contribution in [3.8, 4) is 0 Å². The van der Waals surface area contributed by atoms with Crippen LogP contribution in [0.4, 0.5) is 0 Å². The van der Waals surface area contributed by atoms with E-state index in [0.29, 0.717) is 23.4 Å². The first-order valence-electron chi connectivity index (χ1n) is 10.0. The van der Waals surface area contributed by atoms with Crippen molar-refractivity contribution in [3.63, 3.8) is 0 Å². The second kappa shape index (κ2) is 12.7. The first-order valence-corrected chi connectivity index (χ1v) is 11.5. The van der Waals surface area contributed by atoms with Gasteiger partial charge in [0.2, 0.25) is 10.0 Å². The summed E-state index contributed by atoms with van der Waals surface area (Å²) in [5.74, 6) is 0.684. The van der Waals surface area contributed by atoms with Crippen LogP contribution in [0.2, 0.25) is 0 Å². The molecule has 1 saturated heterocycles. The van der Waals surface area contributed by atoms with Gasteiger partial charge in [-0.05, 0) is 44.4 Å². The SMILES string of the molecule is CN=C(NCCCN1CCCCC1C)NCc1ccccc1S(=O)(=O)N(C)C.I. The van der Waals surface area contributed by atoms with E-state index in [1.807, 2.05) is 12.1 Å². The van der Waals surface area contributed by atoms with Gasteiger partial charge in [-0.1, -0.05) is 24.6 Å². The second-order valence-corrected chi connectivity index (χ2v) is 9.60. The summed E-state index contributed by atoms with van der Waals surface area (Å²) in [6.45, 7) is 5.83. The van der Waals surface area contributed by atoms with Gasteiger partial charge in [0.15, 0.2) is 5.96 Å². The van der Waals surface area contributed by atoms with Crippen molar-refractivity contribution >= 4 is 40.0 Å². The molecule has 1 aliphatic heterocycles. The molecule has 0 bridgehead atoms. The Morgan fingerprint density at radius 2 is 1.97 bits per heavy atom. The second-order valence-electron chi connectivity index (χ2n) is 7.48. The van der Waals surface area contributed by atoms with Crippen molar-refractivity contribution in [3.05, 3.63) is 29.8 Å². The largest absolute Gasteiger partial charge is 0.356 e. The standard InChI is InChI=1S/C20H35N5O2S.HI/c1-17-10-7-8-14-25(17)15-9-13-22-20(21-2)23-16-18-11-5-6-12-19(18)28(26,27)24(3)4;/h5-6,11-12,17H,7-10,13-16H2,1-4H3,(H2,21,22,23);1H. The monoisotopic (exact) mass is 537 g/mol. The Hall–Kier alpha value is -0.910. The summed E-state index contributed by atoms with van der Waals surface area (Å²) in [6, 6.07) is 7.74. The summed E-state index contributed by atoms with van der Waals surface area (Å²) < 4.78 is 26.2. The molecule has 7 nitrogen and oxygen atoms in total. The average molecular weight is 538 g/mol. The Morgan fingerprint density at radius 1 is 1.24 bits per heavy atom. The van der Waals surface area contributed by atoms with E-state index in [-0.39, 0.29) is 24.0 Å². The lowest BCUT2D eigenvalue weighted by atomic mass is 10.0. The predicted molar refractivity (Wildman–Crippen MR) is 130 cm³/mol. The van der Waals surface area contributed by atoms with Crippen molar-refractivity contribution in [2.24, 2.45) is 4.99 Å². The molecule has 1 aromatic carbocycles. The molecular formula is C20H36IN5O2S. The molecular weight excluding hydrogens is 501 g/mol. The summed E-state index contributed by atoms with van der Waals surface area (Å²) in [5.41, 5.74) is 0.723. The van der Waals surface area contributed by atoms with E-state index in [1.54, 1.807) is 33.3 Å². The Morgan fingerprint density at radius 3 is 2.62 bits per heavy atom. The highest BCUT2D eigenvalue weighted by molar-refractivity contribution is 14.0. The van der Waals surface area contributed by atoms with Crippen molar-refractivity contribution in [2.45, 2.75) is 50.1 Å². The molecule has 0 aliphatic carbocycles. The lowest BCUT2D eigenvalue weighted by Crippen LogP contribution is -2.41. The molecule has 9 heteroatoms. The number of likely N-dealkylation sites (tertiary alicyclic amines) is 1. The molecule has 1 fully saturated rings. The first kappa shape index (κ1) is 26.1. The highest BCUT2D eigenvalue weighted by Gasteiger charge is 2.20. The molecule has 0 amide bonds. The number of hydrogen-bond donors (Lipinski definition) is 2. The number of aliphatic imine (C=N–C) groups is 1. The van der Waals surface area contributed by atoms with E-state index in [9.17, 15) is 8.42 Å². The Balaban J connectivity index is 0.00000420. The number of guanidine groups is 1. The van der Waals surface area contributed by atoms with E-state index in [4.69, 9.17) is 0 Å². The van der Waals surface area contributed by atoms with E-state index >= 15 is 0 Å². The quantitative estimate of drug-likeness (QED) is 0.231. The fourth-order valence-electron chi connectivity index (χ4n) is 3.48. The van der Waals surface area contributed by atoms with Crippen molar-refractivity contribution in [2.75, 3.05) is 40.8 Å². The van der Waals surface area contributed by atoms with Gasteiger partial charge in [-0.2, -0.15) is 0 Å². The van der Waals surface area contributed by atoms with Gasteiger partial charge >= 0.3 is 0 Å². The molecule has 0 saturated carbocycles. The van der Waals surface area contributed by atoms with Gasteiger partial charge in [-0.15, -0.1) is 24.0 Å². The molecule has 1 heterocycles. The van der Waals surface area contributed by atoms with Crippen LogP contribution in [0.3, 0.4) is 0 Å². The molecule has 0 aromatic heterocycles. The van der Waals surface area contributed by atoms with Crippen LogP contribution >= 0.6 is 24.0 Å². The number of nitrogens with zero attached hydrogens (tertiary/aromatic N) is 3. The van der Waals surface area contributed by atoms with Crippen LogP contribution in [0, 0.1) is 0 Å². The number of halogens is 1. The fourth-order valence-corrected chi connectivity index (χ4v) is 4.59. The normalized spacial score (nSPS) is 18.4. The third-order valence-electron chi connectivity index (χ3n) is 5.26. The van der Waals surface area contributed by atoms with Crippen LogP contribution < -0.4 is 10.6 Å². The molecule has 1 aromatic rings. The summed E-state index contributed by atoms with van der Waals surface area (Å²) in [6.07, 6.45) is 5.00.